The number of nitro benzene ring substituents is 1. The summed E-state index contributed by atoms with van der Waals surface area (Å²) in [6.07, 6.45) is -0.228. The van der Waals surface area contributed by atoms with E-state index in [9.17, 15) is 10.1 Å². The number of nitro groups is 1. The van der Waals surface area contributed by atoms with Crippen LogP contribution in [0.1, 0.15) is 18.6 Å². The Kier molecular flexibility index (Phi) is 4.62. The average Bonchev–Trinajstić information content (AvgIpc) is 2.40. The van der Waals surface area contributed by atoms with Crippen molar-refractivity contribution in [1.29, 1.82) is 0 Å². The Bertz CT molecular complexity index is 648. The van der Waals surface area contributed by atoms with Crippen LogP contribution in [0, 0.1) is 10.1 Å². The molecule has 4 nitrogen and oxygen atoms in total. The number of halogens is 2. The second-order valence-corrected chi connectivity index (χ2v) is 5.51. The van der Waals surface area contributed by atoms with Gasteiger partial charge in [0.15, 0.2) is 0 Å². The Morgan fingerprint density at radius 3 is 2.70 bits per heavy atom. The van der Waals surface area contributed by atoms with Gasteiger partial charge in [-0.3, -0.25) is 10.1 Å². The summed E-state index contributed by atoms with van der Waals surface area (Å²) in [6.45, 7) is 1.88. The van der Waals surface area contributed by atoms with E-state index in [-0.39, 0.29) is 16.8 Å². The minimum absolute atomic E-state index is 0.0949. The maximum absolute atomic E-state index is 10.8. The summed E-state index contributed by atoms with van der Waals surface area (Å²) in [6, 6.07) is 12.1. The lowest BCUT2D eigenvalue weighted by Gasteiger charge is -2.15. The van der Waals surface area contributed by atoms with Crippen molar-refractivity contribution in [3.05, 3.63) is 67.6 Å². The molecular weight excluding hydrogens is 346 g/mol. The zero-order valence-corrected chi connectivity index (χ0v) is 12.9. The fraction of sp³-hybridized carbons (Fsp3) is 0.143. The minimum atomic E-state index is -0.529. The van der Waals surface area contributed by atoms with Crippen LogP contribution in [0.15, 0.2) is 46.9 Å². The van der Waals surface area contributed by atoms with Gasteiger partial charge in [0.25, 0.3) is 5.69 Å². The summed E-state index contributed by atoms with van der Waals surface area (Å²) in [4.78, 5) is 10.3. The molecule has 1 atom stereocenters. The summed E-state index contributed by atoms with van der Waals surface area (Å²) in [7, 11) is 0. The predicted octanol–water partition coefficient (Wildman–Crippen LogP) is 5.15. The first-order valence-electron chi connectivity index (χ1n) is 5.83. The van der Waals surface area contributed by atoms with Crippen LogP contribution in [0.5, 0.6) is 5.75 Å². The molecule has 104 valence electrons. The van der Waals surface area contributed by atoms with E-state index in [0.29, 0.717) is 5.75 Å². The Balaban J connectivity index is 2.22. The first-order valence-corrected chi connectivity index (χ1v) is 7.00. The van der Waals surface area contributed by atoms with E-state index in [1.165, 1.54) is 12.1 Å². The molecule has 0 aliphatic carbocycles. The maximum atomic E-state index is 10.8. The Morgan fingerprint density at radius 1 is 1.30 bits per heavy atom. The number of nitrogens with zero attached hydrogens (tertiary/aromatic N) is 1. The van der Waals surface area contributed by atoms with E-state index < -0.39 is 4.92 Å². The van der Waals surface area contributed by atoms with Crippen molar-refractivity contribution in [3.63, 3.8) is 0 Å². The molecule has 6 heteroatoms. The molecule has 0 radical (unpaired) electrons. The Morgan fingerprint density at radius 2 is 2.05 bits per heavy atom. The molecule has 0 saturated heterocycles. The number of rotatable bonds is 4. The largest absolute Gasteiger partial charge is 0.486 e. The van der Waals surface area contributed by atoms with Gasteiger partial charge in [-0.25, -0.2) is 0 Å². The van der Waals surface area contributed by atoms with Crippen molar-refractivity contribution in [3.8, 4) is 5.75 Å². The highest BCUT2D eigenvalue weighted by Crippen LogP contribution is 2.31. The van der Waals surface area contributed by atoms with Gasteiger partial charge in [-0.2, -0.15) is 0 Å². The summed E-state index contributed by atoms with van der Waals surface area (Å²) in [5, 5.41) is 10.9. The zero-order chi connectivity index (χ0) is 14.7. The van der Waals surface area contributed by atoms with Gasteiger partial charge in [0.1, 0.15) is 16.9 Å². The molecule has 2 aromatic carbocycles. The van der Waals surface area contributed by atoms with Crippen molar-refractivity contribution in [2.24, 2.45) is 0 Å². The third-order valence-electron chi connectivity index (χ3n) is 2.75. The van der Waals surface area contributed by atoms with E-state index in [1.807, 2.05) is 31.2 Å². The van der Waals surface area contributed by atoms with Gasteiger partial charge >= 0.3 is 0 Å². The van der Waals surface area contributed by atoms with Crippen LogP contribution in [0.2, 0.25) is 5.02 Å². The molecule has 0 aromatic heterocycles. The highest BCUT2D eigenvalue weighted by Gasteiger charge is 2.15. The molecule has 0 N–H and O–H groups in total. The molecule has 0 bridgehead atoms. The van der Waals surface area contributed by atoms with Gasteiger partial charge in [-0.05, 0) is 36.8 Å². The summed E-state index contributed by atoms with van der Waals surface area (Å²) in [5.41, 5.74) is 0.808. The van der Waals surface area contributed by atoms with Crippen molar-refractivity contribution in [2.75, 3.05) is 0 Å². The molecule has 0 aliphatic heterocycles. The molecule has 2 aromatic rings. The minimum Gasteiger partial charge on any atom is -0.486 e. The van der Waals surface area contributed by atoms with E-state index in [2.05, 4.69) is 15.9 Å². The Labute approximate surface area is 129 Å². The second-order valence-electron chi connectivity index (χ2n) is 4.19. The van der Waals surface area contributed by atoms with Crippen molar-refractivity contribution >= 4 is 33.2 Å². The van der Waals surface area contributed by atoms with Gasteiger partial charge in [0.05, 0.1) is 11.0 Å². The van der Waals surface area contributed by atoms with E-state index in [1.54, 1.807) is 6.07 Å². The quantitative estimate of drug-likeness (QED) is 0.562. The molecule has 0 amide bonds. The Hall–Kier alpha value is -1.59. The molecule has 0 aliphatic rings. The van der Waals surface area contributed by atoms with Crippen molar-refractivity contribution in [1.82, 2.24) is 0 Å². The van der Waals surface area contributed by atoms with Gasteiger partial charge < -0.3 is 4.74 Å². The molecule has 2 rings (SSSR count). The van der Waals surface area contributed by atoms with Crippen LogP contribution in [0.3, 0.4) is 0 Å². The lowest BCUT2D eigenvalue weighted by atomic mass is 10.1. The lowest BCUT2D eigenvalue weighted by molar-refractivity contribution is -0.384. The molecule has 0 heterocycles. The second kappa shape index (κ2) is 6.24. The van der Waals surface area contributed by atoms with Crippen LogP contribution < -0.4 is 4.74 Å². The van der Waals surface area contributed by atoms with Crippen molar-refractivity contribution in [2.45, 2.75) is 13.0 Å². The lowest BCUT2D eigenvalue weighted by Crippen LogP contribution is -2.03. The number of ether oxygens (including phenoxy) is 1. The zero-order valence-electron chi connectivity index (χ0n) is 10.5. The highest BCUT2D eigenvalue weighted by molar-refractivity contribution is 9.10. The van der Waals surface area contributed by atoms with Gasteiger partial charge in [0.2, 0.25) is 0 Å². The van der Waals surface area contributed by atoms with Crippen LogP contribution >= 0.6 is 27.5 Å². The van der Waals surface area contributed by atoms with Crippen LogP contribution in [0.25, 0.3) is 0 Å². The average molecular weight is 357 g/mol. The van der Waals surface area contributed by atoms with Gasteiger partial charge in [-0.15, -0.1) is 0 Å². The molecule has 1 unspecified atom stereocenters. The normalized spacial score (nSPS) is 11.9. The SMILES string of the molecule is CC(Oc1ccc(Cl)c([N+](=O)[O-])c1)c1cccc(Br)c1. The first kappa shape index (κ1) is 14.8. The summed E-state index contributed by atoms with van der Waals surface area (Å²) in [5.74, 6) is 0.411. The first-order chi connectivity index (χ1) is 9.47. The number of hydrogen-bond donors (Lipinski definition) is 0. The molecule has 0 fully saturated rings. The highest BCUT2D eigenvalue weighted by atomic mass is 79.9. The molecule has 0 spiro atoms. The maximum Gasteiger partial charge on any atom is 0.291 e. The topological polar surface area (TPSA) is 52.4 Å². The molecule has 20 heavy (non-hydrogen) atoms. The van der Waals surface area contributed by atoms with E-state index in [4.69, 9.17) is 16.3 Å². The monoisotopic (exact) mass is 355 g/mol. The standard InChI is InChI=1S/C14H11BrClNO3/c1-9(10-3-2-4-11(15)7-10)20-12-5-6-13(16)14(8-12)17(18)19/h2-9H,1H3. The third kappa shape index (κ3) is 3.49. The van der Waals surface area contributed by atoms with E-state index in [0.717, 1.165) is 10.0 Å². The summed E-state index contributed by atoms with van der Waals surface area (Å²) >= 11 is 9.16. The fourth-order valence-corrected chi connectivity index (χ4v) is 2.34. The summed E-state index contributed by atoms with van der Waals surface area (Å²) < 4.78 is 6.67. The smallest absolute Gasteiger partial charge is 0.291 e. The van der Waals surface area contributed by atoms with Crippen LogP contribution in [0.4, 0.5) is 5.69 Å². The van der Waals surface area contributed by atoms with E-state index >= 15 is 0 Å². The van der Waals surface area contributed by atoms with Crippen LogP contribution in [-0.4, -0.2) is 4.92 Å². The predicted molar refractivity (Wildman–Crippen MR) is 81.3 cm³/mol. The van der Waals surface area contributed by atoms with Crippen LogP contribution in [-0.2, 0) is 0 Å². The fourth-order valence-electron chi connectivity index (χ4n) is 1.74. The number of benzene rings is 2. The molecular formula is C14H11BrClNO3. The molecule has 0 saturated carbocycles. The third-order valence-corrected chi connectivity index (χ3v) is 3.56. The van der Waals surface area contributed by atoms with Crippen molar-refractivity contribution < 1.29 is 9.66 Å². The van der Waals surface area contributed by atoms with Gasteiger partial charge in [0, 0.05) is 4.47 Å². The number of hydrogen-bond acceptors (Lipinski definition) is 3. The van der Waals surface area contributed by atoms with Gasteiger partial charge in [-0.1, -0.05) is 39.7 Å².